The van der Waals surface area contributed by atoms with Gasteiger partial charge < -0.3 is 9.57 Å². The number of benzene rings is 2. The number of nitrogens with zero attached hydrogens (tertiary/aromatic N) is 2. The van der Waals surface area contributed by atoms with Crippen LogP contribution in [-0.4, -0.2) is 44.0 Å². The highest BCUT2D eigenvalue weighted by atomic mass is 32.2. The summed E-state index contributed by atoms with van der Waals surface area (Å²) in [5, 5.41) is 4.16. The van der Waals surface area contributed by atoms with Crippen molar-refractivity contribution in [3.63, 3.8) is 0 Å². The highest BCUT2D eigenvalue weighted by Crippen LogP contribution is 2.34. The van der Waals surface area contributed by atoms with Gasteiger partial charge in [-0.25, -0.2) is 8.42 Å². The number of sulfonamides is 1. The van der Waals surface area contributed by atoms with Gasteiger partial charge in [-0.05, 0) is 36.8 Å². The van der Waals surface area contributed by atoms with E-state index in [4.69, 9.17) is 4.84 Å². The molecule has 0 radical (unpaired) electrons. The molecule has 0 amide bonds. The molecule has 1 fully saturated rings. The summed E-state index contributed by atoms with van der Waals surface area (Å²) in [4.78, 5) is 5.36. The van der Waals surface area contributed by atoms with Gasteiger partial charge in [-0.15, -0.1) is 13.2 Å². The Morgan fingerprint density at radius 1 is 1.10 bits per heavy atom. The number of fused-ring (bicyclic) bond motifs is 1. The second kappa shape index (κ2) is 7.03. The third kappa shape index (κ3) is 3.82. The number of hydrogen-bond acceptors (Lipinski definition) is 5. The van der Waals surface area contributed by atoms with Gasteiger partial charge in [-0.3, -0.25) is 0 Å². The Bertz CT molecular complexity index is 1050. The quantitative estimate of drug-likeness (QED) is 0.752. The minimum absolute atomic E-state index is 0.110. The maximum atomic E-state index is 12.9. The molecule has 2 aromatic carbocycles. The van der Waals surface area contributed by atoms with E-state index in [2.05, 4.69) is 9.89 Å². The third-order valence-electron chi connectivity index (χ3n) is 4.99. The fraction of sp³-hybridized carbons (Fsp3) is 0.316. The van der Waals surface area contributed by atoms with Crippen molar-refractivity contribution in [3.8, 4) is 5.75 Å². The van der Waals surface area contributed by atoms with Crippen LogP contribution in [0.25, 0.3) is 0 Å². The van der Waals surface area contributed by atoms with E-state index < -0.39 is 28.2 Å². The molecule has 154 valence electrons. The topological polar surface area (TPSA) is 68.2 Å². The summed E-state index contributed by atoms with van der Waals surface area (Å²) in [5.74, 6) is -0.689. The summed E-state index contributed by atoms with van der Waals surface area (Å²) in [6.07, 6.45) is -5.23. The van der Waals surface area contributed by atoms with Crippen LogP contribution in [0.4, 0.5) is 13.2 Å². The summed E-state index contributed by atoms with van der Waals surface area (Å²) in [7, 11) is -3.90. The molecule has 29 heavy (non-hydrogen) atoms. The molecule has 2 aromatic rings. The lowest BCUT2D eigenvalue weighted by atomic mass is 9.92. The molecule has 0 spiro atoms. The third-order valence-corrected chi connectivity index (χ3v) is 6.83. The average molecular weight is 426 g/mol. The summed E-state index contributed by atoms with van der Waals surface area (Å²) in [6, 6.07) is 11.8. The van der Waals surface area contributed by atoms with E-state index in [1.54, 1.807) is 0 Å². The smallest absolute Gasteiger partial charge is 0.406 e. The fourth-order valence-corrected chi connectivity index (χ4v) is 5.05. The van der Waals surface area contributed by atoms with E-state index in [9.17, 15) is 21.6 Å². The molecular weight excluding hydrogens is 409 g/mol. The minimum Gasteiger partial charge on any atom is -0.406 e. The van der Waals surface area contributed by atoms with E-state index in [-0.39, 0.29) is 23.9 Å². The predicted octanol–water partition coefficient (Wildman–Crippen LogP) is 3.32. The number of alkyl halides is 3. The second-order valence-electron chi connectivity index (χ2n) is 6.88. The first kappa shape index (κ1) is 19.7. The Morgan fingerprint density at radius 2 is 1.79 bits per heavy atom. The van der Waals surface area contributed by atoms with Crippen molar-refractivity contribution in [1.29, 1.82) is 0 Å². The Morgan fingerprint density at radius 3 is 2.45 bits per heavy atom. The summed E-state index contributed by atoms with van der Waals surface area (Å²) < 4.78 is 67.8. The average Bonchev–Trinajstić information content (AvgIpc) is 3.23. The van der Waals surface area contributed by atoms with Crippen molar-refractivity contribution < 1.29 is 31.2 Å². The number of halogens is 3. The lowest BCUT2D eigenvalue weighted by Gasteiger charge is -2.17. The molecule has 4 rings (SSSR count). The zero-order valence-corrected chi connectivity index (χ0v) is 16.1. The van der Waals surface area contributed by atoms with Crippen molar-refractivity contribution in [2.75, 3.05) is 13.1 Å². The van der Waals surface area contributed by atoms with E-state index >= 15 is 0 Å². The molecule has 2 atom stereocenters. The lowest BCUT2D eigenvalue weighted by Crippen LogP contribution is -2.30. The summed E-state index contributed by atoms with van der Waals surface area (Å²) >= 11 is 0. The van der Waals surface area contributed by atoms with Gasteiger partial charge in [0, 0.05) is 12.1 Å². The summed E-state index contributed by atoms with van der Waals surface area (Å²) in [5.41, 5.74) is 2.63. The minimum atomic E-state index is -4.84. The predicted molar refractivity (Wildman–Crippen MR) is 98.0 cm³/mol. The van der Waals surface area contributed by atoms with Crippen LogP contribution in [0.3, 0.4) is 0 Å². The van der Waals surface area contributed by atoms with Gasteiger partial charge in [0.1, 0.15) is 5.75 Å². The molecule has 0 aliphatic carbocycles. The molecular formula is C19H17F3N2O4S. The lowest BCUT2D eigenvalue weighted by molar-refractivity contribution is -0.274. The van der Waals surface area contributed by atoms with Crippen molar-refractivity contribution in [1.82, 2.24) is 4.31 Å². The van der Waals surface area contributed by atoms with Crippen LogP contribution in [0.15, 0.2) is 58.6 Å². The Labute approximate surface area is 165 Å². The zero-order chi connectivity index (χ0) is 20.8. The maximum Gasteiger partial charge on any atom is 0.573 e. The van der Waals surface area contributed by atoms with Crippen LogP contribution < -0.4 is 4.74 Å². The van der Waals surface area contributed by atoms with Gasteiger partial charge >= 0.3 is 6.36 Å². The number of rotatable bonds is 4. The maximum absolute atomic E-state index is 12.9. The van der Waals surface area contributed by atoms with Crippen molar-refractivity contribution in [2.45, 2.75) is 24.3 Å². The highest BCUT2D eigenvalue weighted by molar-refractivity contribution is 7.89. The number of aryl methyl sites for hydroxylation is 1. The van der Waals surface area contributed by atoms with Crippen molar-refractivity contribution in [3.05, 3.63) is 59.7 Å². The van der Waals surface area contributed by atoms with Crippen molar-refractivity contribution in [2.24, 2.45) is 11.1 Å². The van der Waals surface area contributed by atoms with E-state index in [1.165, 1.54) is 4.31 Å². The fourth-order valence-electron chi connectivity index (χ4n) is 3.57. The normalized spacial score (nSPS) is 22.1. The van der Waals surface area contributed by atoms with Gasteiger partial charge in [-0.1, -0.05) is 29.4 Å². The standard InChI is InChI=1S/C19H17F3N2O4S/c1-12-4-2-3-5-15(12)18-16-10-24(11-17(16)28-23-18)29(25,26)14-8-6-13(7-9-14)27-19(20,21)22/h2-9,16-17H,10-11H2,1H3. The van der Waals surface area contributed by atoms with E-state index in [0.29, 0.717) is 5.71 Å². The largest absolute Gasteiger partial charge is 0.573 e. The van der Waals surface area contributed by atoms with Crippen molar-refractivity contribution >= 4 is 15.7 Å². The molecule has 0 bridgehead atoms. The first-order valence-corrected chi connectivity index (χ1v) is 10.2. The molecule has 2 heterocycles. The van der Waals surface area contributed by atoms with Crippen LogP contribution in [0, 0.1) is 12.8 Å². The van der Waals surface area contributed by atoms with Crippen LogP contribution in [0.2, 0.25) is 0 Å². The SMILES string of the molecule is Cc1ccccc1C1=NOC2CN(S(=O)(=O)c3ccc(OC(F)(F)F)cc3)CC12. The van der Waals surface area contributed by atoms with E-state index in [1.807, 2.05) is 31.2 Å². The number of ether oxygens (including phenoxy) is 1. The Hall–Kier alpha value is -2.59. The van der Waals surface area contributed by atoms with Gasteiger partial charge in [-0.2, -0.15) is 4.31 Å². The first-order chi connectivity index (χ1) is 13.6. The zero-order valence-electron chi connectivity index (χ0n) is 15.3. The first-order valence-electron chi connectivity index (χ1n) is 8.81. The monoisotopic (exact) mass is 426 g/mol. The van der Waals surface area contributed by atoms with Crippen LogP contribution in [0.5, 0.6) is 5.75 Å². The molecule has 2 unspecified atom stereocenters. The van der Waals surface area contributed by atoms with Crippen LogP contribution >= 0.6 is 0 Å². The van der Waals surface area contributed by atoms with Gasteiger partial charge in [0.15, 0.2) is 6.10 Å². The van der Waals surface area contributed by atoms with Gasteiger partial charge in [0.25, 0.3) is 0 Å². The molecule has 6 nitrogen and oxygen atoms in total. The highest BCUT2D eigenvalue weighted by Gasteiger charge is 2.47. The Kier molecular flexibility index (Phi) is 4.78. The summed E-state index contributed by atoms with van der Waals surface area (Å²) in [6.45, 7) is 2.24. The Balaban J connectivity index is 1.53. The second-order valence-corrected chi connectivity index (χ2v) is 8.82. The molecule has 0 aromatic heterocycles. The molecule has 2 aliphatic rings. The molecule has 2 aliphatic heterocycles. The number of hydrogen-bond donors (Lipinski definition) is 0. The van der Waals surface area contributed by atoms with Gasteiger partial charge in [0.2, 0.25) is 10.0 Å². The molecule has 0 saturated carbocycles. The van der Waals surface area contributed by atoms with Crippen LogP contribution in [-0.2, 0) is 14.9 Å². The molecule has 0 N–H and O–H groups in total. The van der Waals surface area contributed by atoms with Crippen LogP contribution in [0.1, 0.15) is 11.1 Å². The number of oxime groups is 1. The van der Waals surface area contributed by atoms with Gasteiger partial charge in [0.05, 0.1) is 23.1 Å². The molecule has 10 heteroatoms. The molecule has 1 saturated heterocycles. The van der Waals surface area contributed by atoms with E-state index in [0.717, 1.165) is 35.4 Å².